The minimum absolute atomic E-state index is 0.0548. The van der Waals surface area contributed by atoms with Crippen molar-refractivity contribution in [2.45, 2.75) is 53.0 Å². The minimum atomic E-state index is -0.528. The van der Waals surface area contributed by atoms with Crippen molar-refractivity contribution in [3.05, 3.63) is 23.7 Å². The lowest BCUT2D eigenvalue weighted by molar-refractivity contribution is -0.122. The number of nitrogens with one attached hydrogen (secondary N) is 2. The zero-order valence-electron chi connectivity index (χ0n) is 15.1. The first-order valence-electron chi connectivity index (χ1n) is 8.67. The van der Waals surface area contributed by atoms with Gasteiger partial charge in [0.15, 0.2) is 0 Å². The van der Waals surface area contributed by atoms with E-state index in [2.05, 4.69) is 31.4 Å². The van der Waals surface area contributed by atoms with Crippen LogP contribution in [0.15, 0.2) is 16.7 Å². The summed E-state index contributed by atoms with van der Waals surface area (Å²) in [5.41, 5.74) is 0.466. The molecule has 0 fully saturated rings. The van der Waals surface area contributed by atoms with Crippen molar-refractivity contribution in [1.82, 2.24) is 10.6 Å². The normalized spacial score (nSPS) is 13.6. The number of hydrogen-bond acceptors (Lipinski definition) is 4. The molecule has 1 aromatic rings. The van der Waals surface area contributed by atoms with Gasteiger partial charge in [0.2, 0.25) is 5.91 Å². The average molecular weight is 338 g/mol. The number of amides is 2. The molecule has 0 bridgehead atoms. The third-order valence-electron chi connectivity index (χ3n) is 4.33. The van der Waals surface area contributed by atoms with Gasteiger partial charge in [-0.2, -0.15) is 0 Å². The number of aryl methyl sites for hydroxylation is 1. The van der Waals surface area contributed by atoms with Crippen LogP contribution >= 0.6 is 0 Å². The Hall–Kier alpha value is -1.82. The summed E-state index contributed by atoms with van der Waals surface area (Å²) in [7, 11) is 0. The van der Waals surface area contributed by atoms with Gasteiger partial charge in [-0.15, -0.1) is 0 Å². The van der Waals surface area contributed by atoms with E-state index in [4.69, 9.17) is 4.42 Å². The van der Waals surface area contributed by atoms with Gasteiger partial charge >= 0.3 is 0 Å². The predicted octanol–water partition coefficient (Wildman–Crippen LogP) is 2.12. The van der Waals surface area contributed by atoms with E-state index in [0.29, 0.717) is 36.0 Å². The van der Waals surface area contributed by atoms with Crippen molar-refractivity contribution >= 4 is 11.8 Å². The van der Waals surface area contributed by atoms with Gasteiger partial charge in [-0.1, -0.05) is 34.1 Å². The molecule has 24 heavy (non-hydrogen) atoms. The molecule has 0 aromatic carbocycles. The highest BCUT2D eigenvalue weighted by molar-refractivity contribution is 5.95. The molecule has 136 valence electrons. The highest BCUT2D eigenvalue weighted by Crippen LogP contribution is 2.18. The van der Waals surface area contributed by atoms with E-state index in [1.807, 2.05) is 6.92 Å². The Kier molecular flexibility index (Phi) is 8.54. The Morgan fingerprint density at radius 2 is 2.00 bits per heavy atom. The van der Waals surface area contributed by atoms with Crippen LogP contribution in [0, 0.1) is 11.8 Å². The number of furan rings is 1. The van der Waals surface area contributed by atoms with Gasteiger partial charge in [-0.3, -0.25) is 9.59 Å². The molecular formula is C18H30N2O4. The van der Waals surface area contributed by atoms with Crippen molar-refractivity contribution < 1.29 is 19.1 Å². The quantitative estimate of drug-likeness (QED) is 0.609. The van der Waals surface area contributed by atoms with E-state index in [-0.39, 0.29) is 25.0 Å². The smallest absolute Gasteiger partial charge is 0.255 e. The molecule has 0 saturated heterocycles. The van der Waals surface area contributed by atoms with Crippen molar-refractivity contribution in [3.8, 4) is 0 Å². The van der Waals surface area contributed by atoms with Crippen LogP contribution in [-0.4, -0.2) is 36.1 Å². The van der Waals surface area contributed by atoms with E-state index in [0.717, 1.165) is 6.42 Å². The first kappa shape index (κ1) is 20.2. The number of rotatable bonds is 10. The summed E-state index contributed by atoms with van der Waals surface area (Å²) < 4.78 is 5.23. The number of aliphatic hydroxyl groups excluding tert-OH is 1. The maximum Gasteiger partial charge on any atom is 0.255 e. The maximum absolute atomic E-state index is 12.2. The van der Waals surface area contributed by atoms with Gasteiger partial charge < -0.3 is 20.2 Å². The molecule has 0 radical (unpaired) electrons. The summed E-state index contributed by atoms with van der Waals surface area (Å²) in [6.45, 7) is 8.15. The second-order valence-corrected chi connectivity index (χ2v) is 6.38. The van der Waals surface area contributed by atoms with E-state index in [1.165, 1.54) is 6.26 Å². The maximum atomic E-state index is 12.2. The summed E-state index contributed by atoms with van der Waals surface area (Å²) in [5, 5.41) is 15.0. The van der Waals surface area contributed by atoms with Crippen LogP contribution in [0.1, 0.15) is 56.7 Å². The van der Waals surface area contributed by atoms with E-state index >= 15 is 0 Å². The zero-order chi connectivity index (χ0) is 18.1. The van der Waals surface area contributed by atoms with Gasteiger partial charge in [0.1, 0.15) is 5.76 Å². The molecule has 0 saturated carbocycles. The molecule has 2 amide bonds. The van der Waals surface area contributed by atoms with Crippen molar-refractivity contribution in [3.63, 3.8) is 0 Å². The molecule has 1 aromatic heterocycles. The fourth-order valence-electron chi connectivity index (χ4n) is 2.64. The molecule has 0 aliphatic heterocycles. The molecule has 1 rings (SSSR count). The molecule has 1 heterocycles. The van der Waals surface area contributed by atoms with Crippen LogP contribution in [-0.2, 0) is 11.2 Å². The van der Waals surface area contributed by atoms with Gasteiger partial charge in [0.25, 0.3) is 5.91 Å². The summed E-state index contributed by atoms with van der Waals surface area (Å²) in [5.74, 6) is 1.03. The lowest BCUT2D eigenvalue weighted by atomic mass is 9.90. The minimum Gasteiger partial charge on any atom is -0.469 e. The van der Waals surface area contributed by atoms with Crippen LogP contribution in [0.25, 0.3) is 0 Å². The Morgan fingerprint density at radius 3 is 2.54 bits per heavy atom. The van der Waals surface area contributed by atoms with E-state index < -0.39 is 6.04 Å². The Labute approximate surface area is 144 Å². The Morgan fingerprint density at radius 1 is 1.29 bits per heavy atom. The van der Waals surface area contributed by atoms with Crippen LogP contribution < -0.4 is 10.6 Å². The molecule has 0 aliphatic carbocycles. The first-order chi connectivity index (χ1) is 11.4. The molecule has 2 atom stereocenters. The van der Waals surface area contributed by atoms with Crippen LogP contribution in [0.3, 0.4) is 0 Å². The SMILES string of the molecule is CCc1occc1C(=O)NC(CO)CNC(=O)CC(CC)C(C)C. The third-order valence-corrected chi connectivity index (χ3v) is 4.33. The molecule has 3 N–H and O–H groups in total. The lowest BCUT2D eigenvalue weighted by Gasteiger charge is -2.20. The number of carbonyl (C=O) groups excluding carboxylic acids is 2. The highest BCUT2D eigenvalue weighted by Gasteiger charge is 2.19. The van der Waals surface area contributed by atoms with Crippen molar-refractivity contribution in [2.75, 3.05) is 13.2 Å². The van der Waals surface area contributed by atoms with Crippen molar-refractivity contribution in [1.29, 1.82) is 0 Å². The zero-order valence-corrected chi connectivity index (χ0v) is 15.1. The van der Waals surface area contributed by atoms with Crippen LogP contribution in [0.2, 0.25) is 0 Å². The van der Waals surface area contributed by atoms with Gasteiger partial charge in [-0.05, 0) is 17.9 Å². The lowest BCUT2D eigenvalue weighted by Crippen LogP contribution is -2.46. The van der Waals surface area contributed by atoms with Crippen LogP contribution in [0.4, 0.5) is 0 Å². The number of hydrogen-bond donors (Lipinski definition) is 3. The molecule has 0 spiro atoms. The monoisotopic (exact) mass is 338 g/mol. The molecule has 2 unspecified atom stereocenters. The number of aliphatic hydroxyl groups is 1. The third kappa shape index (κ3) is 6.00. The highest BCUT2D eigenvalue weighted by atomic mass is 16.3. The second kappa shape index (κ2) is 10.1. The standard InChI is InChI=1S/C18H30N2O4/c1-5-13(12(3)4)9-17(22)19-10-14(11-21)20-18(23)15-7-8-24-16(15)6-2/h7-8,12-14,21H,5-6,9-11H2,1-4H3,(H,19,22)(H,20,23). The molecular weight excluding hydrogens is 308 g/mol. The predicted molar refractivity (Wildman–Crippen MR) is 92.7 cm³/mol. The fourth-order valence-corrected chi connectivity index (χ4v) is 2.64. The van der Waals surface area contributed by atoms with Gasteiger partial charge in [0.05, 0.1) is 24.5 Å². The van der Waals surface area contributed by atoms with Crippen molar-refractivity contribution in [2.24, 2.45) is 11.8 Å². The Balaban J connectivity index is 2.50. The molecule has 0 aliphatic rings. The number of carbonyl (C=O) groups is 2. The molecule has 6 heteroatoms. The average Bonchev–Trinajstić information content (AvgIpc) is 3.04. The van der Waals surface area contributed by atoms with E-state index in [1.54, 1.807) is 6.07 Å². The Bertz CT molecular complexity index is 525. The first-order valence-corrected chi connectivity index (χ1v) is 8.67. The fraction of sp³-hybridized carbons (Fsp3) is 0.667. The van der Waals surface area contributed by atoms with Gasteiger partial charge in [0, 0.05) is 19.4 Å². The van der Waals surface area contributed by atoms with Crippen LogP contribution in [0.5, 0.6) is 0 Å². The summed E-state index contributed by atoms with van der Waals surface area (Å²) in [6, 6.07) is 1.08. The summed E-state index contributed by atoms with van der Waals surface area (Å²) >= 11 is 0. The largest absolute Gasteiger partial charge is 0.469 e. The second-order valence-electron chi connectivity index (χ2n) is 6.38. The topological polar surface area (TPSA) is 91.6 Å². The summed E-state index contributed by atoms with van der Waals surface area (Å²) in [4.78, 5) is 24.2. The molecule has 6 nitrogen and oxygen atoms in total. The van der Waals surface area contributed by atoms with Gasteiger partial charge in [-0.25, -0.2) is 0 Å². The van der Waals surface area contributed by atoms with E-state index in [9.17, 15) is 14.7 Å². The summed E-state index contributed by atoms with van der Waals surface area (Å²) in [6.07, 6.45) is 3.50.